The molecule has 0 aliphatic heterocycles. The Morgan fingerprint density at radius 1 is 0.562 bits per heavy atom. The average Bonchev–Trinajstić information content (AvgIpc) is 2.51. The first-order valence-electron chi connectivity index (χ1n) is 10.6. The van der Waals surface area contributed by atoms with Gasteiger partial charge in [-0.15, -0.1) is 10.8 Å². The first kappa shape index (κ1) is 33.5. The van der Waals surface area contributed by atoms with E-state index in [1.807, 2.05) is 0 Å². The van der Waals surface area contributed by atoms with E-state index in [1.165, 1.54) is 49.7 Å². The summed E-state index contributed by atoms with van der Waals surface area (Å²) in [5, 5.41) is 2.72. The van der Waals surface area contributed by atoms with Gasteiger partial charge in [0.05, 0.1) is 0 Å². The maximum Gasteiger partial charge on any atom is 0 e. The van der Waals surface area contributed by atoms with Crippen molar-refractivity contribution in [1.29, 1.82) is 0 Å². The molecule has 32 heavy (non-hydrogen) atoms. The number of hydrogen-bond acceptors (Lipinski definition) is 0. The summed E-state index contributed by atoms with van der Waals surface area (Å²) >= 11 is 0. The number of hydrogen-bond donors (Lipinski definition) is 0. The second-order valence-corrected chi connectivity index (χ2v) is 10.6. The van der Waals surface area contributed by atoms with E-state index in [0.29, 0.717) is 0 Å². The smallest absolute Gasteiger partial charge is 0 e. The fraction of sp³-hybridized carbons (Fsp3) is 0.467. The van der Waals surface area contributed by atoms with Crippen LogP contribution in [0.5, 0.6) is 0 Å². The van der Waals surface area contributed by atoms with Crippen molar-refractivity contribution in [2.75, 3.05) is 0 Å². The molecule has 2 heteroatoms. The Labute approximate surface area is 227 Å². The van der Waals surface area contributed by atoms with Crippen molar-refractivity contribution in [1.82, 2.24) is 0 Å². The van der Waals surface area contributed by atoms with Crippen molar-refractivity contribution >= 4 is 10.8 Å². The van der Waals surface area contributed by atoms with Crippen molar-refractivity contribution in [2.45, 2.75) is 94.4 Å². The van der Waals surface area contributed by atoms with Gasteiger partial charge in [0.1, 0.15) is 0 Å². The molecular formula is C30H42W2-2. The van der Waals surface area contributed by atoms with Crippen LogP contribution < -0.4 is 0 Å². The van der Waals surface area contributed by atoms with E-state index >= 15 is 0 Å². The minimum absolute atomic E-state index is 0. The van der Waals surface area contributed by atoms with E-state index in [4.69, 9.17) is 0 Å². The molecule has 0 N–H and O–H groups in total. The standard InChI is InChI=1S/C17H21.C12H17.CH4.2W/c1-11-7-12(2)16-13(3)9-15(17(4,5)6)10-14(16)8-11;1-9-6-10(2)8-11(7-9)12(3,4)5;;;/h8-10H,1-6H3;7-8H,1-5H3;1H4;;/q2*-1;;;. The van der Waals surface area contributed by atoms with Gasteiger partial charge in [-0.1, -0.05) is 101 Å². The molecule has 0 heterocycles. The molecule has 0 fully saturated rings. The molecule has 0 saturated heterocycles. The van der Waals surface area contributed by atoms with E-state index in [2.05, 4.69) is 119 Å². The molecule has 3 aromatic rings. The van der Waals surface area contributed by atoms with Crippen LogP contribution in [-0.4, -0.2) is 0 Å². The van der Waals surface area contributed by atoms with Gasteiger partial charge in [0.2, 0.25) is 0 Å². The summed E-state index contributed by atoms with van der Waals surface area (Å²) in [5.41, 5.74) is 9.59. The number of benzene rings is 3. The second kappa shape index (κ2) is 12.7. The Balaban J connectivity index is 0. The molecule has 0 aromatic heterocycles. The van der Waals surface area contributed by atoms with Gasteiger partial charge < -0.3 is 0 Å². The zero-order valence-corrected chi connectivity index (χ0v) is 27.1. The summed E-state index contributed by atoms with van der Waals surface area (Å²) < 4.78 is 0. The van der Waals surface area contributed by atoms with Gasteiger partial charge in [-0.2, -0.15) is 58.1 Å². The molecule has 0 radical (unpaired) electrons. The summed E-state index contributed by atoms with van der Waals surface area (Å²) in [4.78, 5) is 0. The Bertz CT molecular complexity index is 995. The molecule has 0 aliphatic carbocycles. The summed E-state index contributed by atoms with van der Waals surface area (Å²) in [6.07, 6.45) is 0. The minimum atomic E-state index is 0. The van der Waals surface area contributed by atoms with Gasteiger partial charge in [0.25, 0.3) is 0 Å². The molecular weight excluding hydrogens is 728 g/mol. The third kappa shape index (κ3) is 8.91. The maximum absolute atomic E-state index is 3.41. The normalized spacial score (nSPS) is 10.8. The van der Waals surface area contributed by atoms with Crippen LogP contribution in [0.1, 0.15) is 87.9 Å². The van der Waals surface area contributed by atoms with E-state index in [9.17, 15) is 0 Å². The number of aryl methyl sites for hydroxylation is 5. The van der Waals surface area contributed by atoms with Gasteiger partial charge in [0.15, 0.2) is 0 Å². The Kier molecular flexibility index (Phi) is 13.3. The molecule has 0 unspecified atom stereocenters. The third-order valence-electron chi connectivity index (χ3n) is 5.37. The van der Waals surface area contributed by atoms with Crippen LogP contribution in [-0.2, 0) is 53.0 Å². The third-order valence-corrected chi connectivity index (χ3v) is 5.37. The molecule has 0 aliphatic rings. The Morgan fingerprint density at radius 2 is 0.969 bits per heavy atom. The van der Waals surface area contributed by atoms with E-state index in [-0.39, 0.29) is 60.4 Å². The minimum Gasteiger partial charge on any atom is -0.177 e. The monoisotopic (exact) mass is 770 g/mol. The van der Waals surface area contributed by atoms with E-state index in [0.717, 1.165) is 0 Å². The molecule has 0 spiro atoms. The SMILES string of the molecule is C.Cc1[c-]c(C)c2c(C)cc(C(C)(C)C)cc2c1.Cc1[c-]c(C)cc(C(C)(C)C)c1.[W].[W]. The van der Waals surface area contributed by atoms with Gasteiger partial charge in [-0.05, 0) is 16.4 Å². The summed E-state index contributed by atoms with van der Waals surface area (Å²) in [6, 6.07) is 18.0. The number of rotatable bonds is 0. The molecule has 0 nitrogen and oxygen atoms in total. The van der Waals surface area contributed by atoms with Crippen LogP contribution in [0.15, 0.2) is 30.3 Å². The van der Waals surface area contributed by atoms with Crippen LogP contribution in [0.25, 0.3) is 10.8 Å². The maximum atomic E-state index is 3.41. The largest absolute Gasteiger partial charge is 0.177 e. The molecule has 0 bridgehead atoms. The fourth-order valence-electron chi connectivity index (χ4n) is 3.83. The first-order chi connectivity index (χ1) is 13.2. The molecule has 176 valence electrons. The van der Waals surface area contributed by atoms with Crippen molar-refractivity contribution < 1.29 is 42.1 Å². The zero-order chi connectivity index (χ0) is 22.1. The average molecular weight is 770 g/mol. The molecule has 3 aromatic carbocycles. The van der Waals surface area contributed by atoms with Gasteiger partial charge in [-0.3, -0.25) is 0 Å². The van der Waals surface area contributed by atoms with E-state index in [1.54, 1.807) is 0 Å². The topological polar surface area (TPSA) is 0 Å². The van der Waals surface area contributed by atoms with Crippen molar-refractivity contribution in [3.05, 3.63) is 81.4 Å². The molecule has 3 rings (SSSR count). The van der Waals surface area contributed by atoms with Crippen LogP contribution in [0.2, 0.25) is 0 Å². The summed E-state index contributed by atoms with van der Waals surface area (Å²) in [5.74, 6) is 0. The predicted octanol–water partition coefficient (Wildman–Crippen LogP) is 8.89. The molecule has 0 amide bonds. The van der Waals surface area contributed by atoms with Gasteiger partial charge in [-0.25, -0.2) is 0 Å². The van der Waals surface area contributed by atoms with Gasteiger partial charge in [0, 0.05) is 42.1 Å². The summed E-state index contributed by atoms with van der Waals surface area (Å²) in [7, 11) is 0. The van der Waals surface area contributed by atoms with Crippen molar-refractivity contribution in [3.63, 3.8) is 0 Å². The first-order valence-corrected chi connectivity index (χ1v) is 10.6. The van der Waals surface area contributed by atoms with Crippen LogP contribution in [0.4, 0.5) is 0 Å². The van der Waals surface area contributed by atoms with Crippen molar-refractivity contribution in [2.24, 2.45) is 0 Å². The quantitative estimate of drug-likeness (QED) is 0.201. The van der Waals surface area contributed by atoms with Gasteiger partial charge >= 0.3 is 0 Å². The Morgan fingerprint density at radius 3 is 1.41 bits per heavy atom. The number of fused-ring (bicyclic) bond motifs is 1. The van der Waals surface area contributed by atoms with Crippen LogP contribution >= 0.6 is 0 Å². The van der Waals surface area contributed by atoms with Crippen LogP contribution in [0, 0.1) is 46.8 Å². The second-order valence-electron chi connectivity index (χ2n) is 10.6. The van der Waals surface area contributed by atoms with Crippen molar-refractivity contribution in [3.8, 4) is 0 Å². The van der Waals surface area contributed by atoms with E-state index < -0.39 is 0 Å². The fourth-order valence-corrected chi connectivity index (χ4v) is 3.83. The summed E-state index contributed by atoms with van der Waals surface area (Å²) in [6.45, 7) is 24.2. The van der Waals surface area contributed by atoms with Crippen LogP contribution in [0.3, 0.4) is 0 Å². The molecule has 0 saturated carbocycles. The predicted molar refractivity (Wildman–Crippen MR) is 136 cm³/mol. The molecule has 0 atom stereocenters. The Hall–Kier alpha value is -0.703. The zero-order valence-electron chi connectivity index (χ0n) is 21.2.